The number of benzene rings is 1. The van der Waals surface area contributed by atoms with Crippen LogP contribution in [-0.2, 0) is 12.6 Å². The number of hydrogen-bond acceptors (Lipinski definition) is 3. The number of nitrogens with zero attached hydrogens (tertiary/aromatic N) is 2. The Hall–Kier alpha value is -2.21. The average Bonchev–Trinajstić information content (AvgIpc) is 3.01. The SMILES string of the molecule is FC(F)(F)c1cc(-c2cccs2)nc(Cc2ccccc2)n1. The van der Waals surface area contributed by atoms with E-state index in [1.54, 1.807) is 12.1 Å². The van der Waals surface area contributed by atoms with Gasteiger partial charge in [-0.2, -0.15) is 13.2 Å². The third kappa shape index (κ3) is 3.33. The lowest BCUT2D eigenvalue weighted by Gasteiger charge is -2.10. The van der Waals surface area contributed by atoms with Crippen molar-refractivity contribution in [2.75, 3.05) is 0 Å². The zero-order chi connectivity index (χ0) is 15.6. The van der Waals surface area contributed by atoms with E-state index in [0.29, 0.717) is 10.6 Å². The molecule has 0 aliphatic carbocycles. The first-order valence-electron chi connectivity index (χ1n) is 6.55. The second-order valence-corrected chi connectivity index (χ2v) is 5.64. The van der Waals surface area contributed by atoms with E-state index in [2.05, 4.69) is 9.97 Å². The molecule has 0 saturated heterocycles. The van der Waals surface area contributed by atoms with Gasteiger partial charge in [0.1, 0.15) is 11.5 Å². The van der Waals surface area contributed by atoms with Gasteiger partial charge in [-0.05, 0) is 23.1 Å². The van der Waals surface area contributed by atoms with E-state index in [0.717, 1.165) is 11.6 Å². The maximum absolute atomic E-state index is 13.0. The molecular formula is C16H11F3N2S. The first-order valence-corrected chi connectivity index (χ1v) is 7.43. The summed E-state index contributed by atoms with van der Waals surface area (Å²) in [5, 5.41) is 1.81. The van der Waals surface area contributed by atoms with Crippen molar-refractivity contribution in [2.45, 2.75) is 12.6 Å². The van der Waals surface area contributed by atoms with Crippen molar-refractivity contribution in [3.63, 3.8) is 0 Å². The number of hydrogen-bond donors (Lipinski definition) is 0. The van der Waals surface area contributed by atoms with Gasteiger partial charge in [-0.1, -0.05) is 36.4 Å². The van der Waals surface area contributed by atoms with Crippen LogP contribution in [0.25, 0.3) is 10.6 Å². The minimum Gasteiger partial charge on any atom is -0.232 e. The van der Waals surface area contributed by atoms with Crippen molar-refractivity contribution in [1.29, 1.82) is 0 Å². The van der Waals surface area contributed by atoms with Crippen molar-refractivity contribution in [1.82, 2.24) is 9.97 Å². The molecule has 2 nitrogen and oxygen atoms in total. The van der Waals surface area contributed by atoms with Crippen LogP contribution >= 0.6 is 11.3 Å². The molecule has 0 bridgehead atoms. The van der Waals surface area contributed by atoms with Crippen LogP contribution in [0.4, 0.5) is 13.2 Å². The molecule has 1 aromatic carbocycles. The summed E-state index contributed by atoms with van der Waals surface area (Å²) in [6.07, 6.45) is -4.22. The molecule has 0 amide bonds. The number of thiophene rings is 1. The van der Waals surface area contributed by atoms with Gasteiger partial charge in [-0.3, -0.25) is 0 Å². The monoisotopic (exact) mass is 320 g/mol. The number of aromatic nitrogens is 2. The van der Waals surface area contributed by atoms with Gasteiger partial charge in [-0.15, -0.1) is 11.3 Å². The Labute approximate surface area is 129 Å². The van der Waals surface area contributed by atoms with E-state index >= 15 is 0 Å². The Morgan fingerprint density at radius 2 is 1.73 bits per heavy atom. The fourth-order valence-electron chi connectivity index (χ4n) is 2.05. The van der Waals surface area contributed by atoms with Gasteiger partial charge in [-0.25, -0.2) is 9.97 Å². The van der Waals surface area contributed by atoms with Crippen LogP contribution in [-0.4, -0.2) is 9.97 Å². The Balaban J connectivity index is 2.04. The van der Waals surface area contributed by atoms with Gasteiger partial charge in [0.2, 0.25) is 0 Å². The fraction of sp³-hybridized carbons (Fsp3) is 0.125. The van der Waals surface area contributed by atoms with Gasteiger partial charge < -0.3 is 0 Å². The Kier molecular flexibility index (Phi) is 3.94. The maximum Gasteiger partial charge on any atom is 0.433 e. The number of halogens is 3. The summed E-state index contributed by atoms with van der Waals surface area (Å²) >= 11 is 1.35. The smallest absolute Gasteiger partial charge is 0.232 e. The molecule has 3 rings (SSSR count). The first kappa shape index (κ1) is 14.7. The first-order chi connectivity index (χ1) is 10.5. The quantitative estimate of drug-likeness (QED) is 0.692. The van der Waals surface area contributed by atoms with Crippen LogP contribution in [0.2, 0.25) is 0 Å². The van der Waals surface area contributed by atoms with Gasteiger partial charge in [0.05, 0.1) is 10.6 Å². The molecule has 0 fully saturated rings. The normalized spacial score (nSPS) is 11.6. The largest absolute Gasteiger partial charge is 0.433 e. The van der Waals surface area contributed by atoms with Crippen molar-refractivity contribution in [3.8, 4) is 10.6 Å². The lowest BCUT2D eigenvalue weighted by atomic mass is 10.1. The predicted octanol–water partition coefficient (Wildman–Crippen LogP) is 4.81. The summed E-state index contributed by atoms with van der Waals surface area (Å²) in [7, 11) is 0. The molecule has 3 aromatic rings. The lowest BCUT2D eigenvalue weighted by Crippen LogP contribution is -2.11. The highest BCUT2D eigenvalue weighted by Crippen LogP contribution is 2.31. The molecule has 0 aliphatic heterocycles. The number of alkyl halides is 3. The molecule has 0 saturated carbocycles. The zero-order valence-corrected chi connectivity index (χ0v) is 12.2. The van der Waals surface area contributed by atoms with Gasteiger partial charge >= 0.3 is 6.18 Å². The third-order valence-electron chi connectivity index (χ3n) is 3.04. The van der Waals surface area contributed by atoms with E-state index in [-0.39, 0.29) is 12.2 Å². The second kappa shape index (κ2) is 5.88. The second-order valence-electron chi connectivity index (χ2n) is 4.69. The highest BCUT2D eigenvalue weighted by Gasteiger charge is 2.33. The molecule has 0 atom stereocenters. The van der Waals surface area contributed by atoms with Crippen molar-refractivity contribution >= 4 is 11.3 Å². The predicted molar refractivity (Wildman–Crippen MR) is 79.6 cm³/mol. The minimum absolute atomic E-state index is 0.171. The van der Waals surface area contributed by atoms with Crippen LogP contribution in [0.15, 0.2) is 53.9 Å². The van der Waals surface area contributed by atoms with Crippen molar-refractivity contribution < 1.29 is 13.2 Å². The standard InChI is InChI=1S/C16H11F3N2S/c17-16(18,19)14-10-12(13-7-4-8-22-13)20-15(21-14)9-11-5-2-1-3-6-11/h1-8,10H,9H2. The topological polar surface area (TPSA) is 25.8 Å². The summed E-state index contributed by atoms with van der Waals surface area (Å²) in [5.41, 5.74) is 0.277. The van der Waals surface area contributed by atoms with Crippen molar-refractivity contribution in [2.24, 2.45) is 0 Å². The summed E-state index contributed by atoms with van der Waals surface area (Å²) in [6, 6.07) is 13.7. The summed E-state index contributed by atoms with van der Waals surface area (Å²) in [4.78, 5) is 8.66. The van der Waals surface area contributed by atoms with E-state index in [9.17, 15) is 13.2 Å². The van der Waals surface area contributed by atoms with Crippen molar-refractivity contribution in [3.05, 3.63) is 71.0 Å². The van der Waals surface area contributed by atoms with Crippen LogP contribution in [0.1, 0.15) is 17.1 Å². The molecule has 6 heteroatoms. The van der Waals surface area contributed by atoms with Gasteiger partial charge in [0.25, 0.3) is 0 Å². The fourth-order valence-corrected chi connectivity index (χ4v) is 2.74. The molecular weight excluding hydrogens is 309 g/mol. The summed E-state index contributed by atoms with van der Waals surface area (Å²) < 4.78 is 39.1. The van der Waals surface area contributed by atoms with E-state index in [1.165, 1.54) is 11.3 Å². The average molecular weight is 320 g/mol. The summed E-state index contributed by atoms with van der Waals surface area (Å²) in [5.74, 6) is 0.171. The highest BCUT2D eigenvalue weighted by molar-refractivity contribution is 7.13. The van der Waals surface area contributed by atoms with Crippen LogP contribution in [0.5, 0.6) is 0 Å². The summed E-state index contributed by atoms with van der Waals surface area (Å²) in [6.45, 7) is 0. The van der Waals surface area contributed by atoms with E-state index in [1.807, 2.05) is 35.7 Å². The highest BCUT2D eigenvalue weighted by atomic mass is 32.1. The molecule has 0 N–H and O–H groups in total. The molecule has 0 radical (unpaired) electrons. The minimum atomic E-state index is -4.49. The molecule has 112 valence electrons. The van der Waals surface area contributed by atoms with Crippen LogP contribution < -0.4 is 0 Å². The Morgan fingerprint density at radius 3 is 2.36 bits per heavy atom. The molecule has 2 aromatic heterocycles. The molecule has 0 unspecified atom stereocenters. The molecule has 0 aliphatic rings. The molecule has 22 heavy (non-hydrogen) atoms. The number of rotatable bonds is 3. The van der Waals surface area contributed by atoms with Gasteiger partial charge in [0.15, 0.2) is 0 Å². The zero-order valence-electron chi connectivity index (χ0n) is 11.3. The third-order valence-corrected chi connectivity index (χ3v) is 3.93. The Morgan fingerprint density at radius 1 is 0.955 bits per heavy atom. The molecule has 2 heterocycles. The Bertz CT molecular complexity index is 753. The van der Waals surface area contributed by atoms with Gasteiger partial charge in [0, 0.05) is 6.42 Å². The molecule has 0 spiro atoms. The van der Waals surface area contributed by atoms with Crippen LogP contribution in [0.3, 0.4) is 0 Å². The van der Waals surface area contributed by atoms with E-state index < -0.39 is 11.9 Å². The van der Waals surface area contributed by atoms with Crippen LogP contribution in [0, 0.1) is 0 Å². The maximum atomic E-state index is 13.0. The lowest BCUT2D eigenvalue weighted by molar-refractivity contribution is -0.141. The van der Waals surface area contributed by atoms with E-state index in [4.69, 9.17) is 0 Å².